The third kappa shape index (κ3) is 3.03. The van der Waals surface area contributed by atoms with E-state index in [1.807, 2.05) is 32.0 Å². The van der Waals surface area contributed by atoms with Crippen LogP contribution in [0.15, 0.2) is 18.2 Å². The van der Waals surface area contributed by atoms with E-state index >= 15 is 0 Å². The number of hydrogen-bond acceptors (Lipinski definition) is 3. The van der Waals surface area contributed by atoms with Gasteiger partial charge in [-0.05, 0) is 49.9 Å². The second-order valence-electron chi connectivity index (χ2n) is 4.75. The number of ether oxygens (including phenoxy) is 1. The van der Waals surface area contributed by atoms with Crippen molar-refractivity contribution in [3.05, 3.63) is 28.8 Å². The fraction of sp³-hybridized carbons (Fsp3) is 0.533. The molecule has 0 bridgehead atoms. The lowest BCUT2D eigenvalue weighted by molar-refractivity contribution is -0.144. The number of halogens is 1. The molecular formula is C15H20ClNO2. The molecule has 1 heterocycles. The van der Waals surface area contributed by atoms with Gasteiger partial charge in [0, 0.05) is 17.3 Å². The molecule has 19 heavy (non-hydrogen) atoms. The molecule has 0 saturated heterocycles. The number of carbonyl (C=O) groups is 1. The molecule has 4 heteroatoms. The van der Waals surface area contributed by atoms with Crippen LogP contribution in [0.25, 0.3) is 0 Å². The monoisotopic (exact) mass is 281 g/mol. The summed E-state index contributed by atoms with van der Waals surface area (Å²) >= 11 is 6.04. The summed E-state index contributed by atoms with van der Waals surface area (Å²) in [5.74, 6) is -0.132. The predicted octanol–water partition coefficient (Wildman–Crippen LogP) is 3.43. The van der Waals surface area contributed by atoms with Gasteiger partial charge in [0.2, 0.25) is 0 Å². The first-order valence-electron chi connectivity index (χ1n) is 6.89. The van der Waals surface area contributed by atoms with Crippen molar-refractivity contribution in [2.24, 2.45) is 0 Å². The summed E-state index contributed by atoms with van der Waals surface area (Å²) in [4.78, 5) is 14.2. The maximum atomic E-state index is 12.1. The topological polar surface area (TPSA) is 29.5 Å². The number of aryl methyl sites for hydroxylation is 1. The van der Waals surface area contributed by atoms with Gasteiger partial charge in [-0.25, -0.2) is 4.79 Å². The average molecular weight is 282 g/mol. The average Bonchev–Trinajstić information content (AvgIpc) is 2.39. The van der Waals surface area contributed by atoms with Crippen molar-refractivity contribution in [1.82, 2.24) is 0 Å². The Morgan fingerprint density at radius 2 is 2.26 bits per heavy atom. The fourth-order valence-electron chi connectivity index (χ4n) is 2.67. The van der Waals surface area contributed by atoms with Gasteiger partial charge in [-0.2, -0.15) is 0 Å². The molecule has 2 rings (SSSR count). The van der Waals surface area contributed by atoms with Crippen LogP contribution in [0.4, 0.5) is 5.69 Å². The van der Waals surface area contributed by atoms with Crippen LogP contribution < -0.4 is 4.90 Å². The molecule has 1 atom stereocenters. The predicted molar refractivity (Wildman–Crippen MR) is 77.8 cm³/mol. The van der Waals surface area contributed by atoms with E-state index in [9.17, 15) is 4.79 Å². The maximum Gasteiger partial charge on any atom is 0.328 e. The van der Waals surface area contributed by atoms with Crippen LogP contribution in [0.1, 0.15) is 32.3 Å². The van der Waals surface area contributed by atoms with Crippen molar-refractivity contribution in [1.29, 1.82) is 0 Å². The van der Waals surface area contributed by atoms with Gasteiger partial charge in [0.25, 0.3) is 0 Å². The van der Waals surface area contributed by atoms with Crippen LogP contribution in [-0.2, 0) is 16.0 Å². The molecule has 3 nitrogen and oxygen atoms in total. The second kappa shape index (κ2) is 6.29. The minimum atomic E-state index is -0.194. The molecule has 1 aliphatic heterocycles. The number of hydrogen-bond donors (Lipinski definition) is 0. The first-order chi connectivity index (χ1) is 9.17. The number of benzene rings is 1. The lowest BCUT2D eigenvalue weighted by Gasteiger charge is -2.36. The largest absolute Gasteiger partial charge is 0.464 e. The van der Waals surface area contributed by atoms with Gasteiger partial charge in [0.15, 0.2) is 0 Å². The number of rotatable bonds is 4. The van der Waals surface area contributed by atoms with Gasteiger partial charge >= 0.3 is 5.97 Å². The summed E-state index contributed by atoms with van der Waals surface area (Å²) < 4.78 is 5.18. The summed E-state index contributed by atoms with van der Waals surface area (Å²) in [6, 6.07) is 5.70. The van der Waals surface area contributed by atoms with E-state index in [2.05, 4.69) is 4.90 Å². The smallest absolute Gasteiger partial charge is 0.328 e. The van der Waals surface area contributed by atoms with E-state index in [0.29, 0.717) is 6.61 Å². The van der Waals surface area contributed by atoms with Crippen LogP contribution >= 0.6 is 11.6 Å². The summed E-state index contributed by atoms with van der Waals surface area (Å²) in [5.41, 5.74) is 2.34. The molecule has 0 aromatic heterocycles. The number of nitrogens with zero attached hydrogens (tertiary/aromatic N) is 1. The van der Waals surface area contributed by atoms with Crippen molar-refractivity contribution < 1.29 is 9.53 Å². The van der Waals surface area contributed by atoms with Gasteiger partial charge < -0.3 is 9.64 Å². The summed E-state index contributed by atoms with van der Waals surface area (Å²) in [6.45, 7) is 5.18. The van der Waals surface area contributed by atoms with E-state index < -0.39 is 0 Å². The third-order valence-electron chi connectivity index (χ3n) is 3.52. The van der Waals surface area contributed by atoms with Crippen molar-refractivity contribution in [3.63, 3.8) is 0 Å². The highest BCUT2D eigenvalue weighted by Crippen LogP contribution is 2.31. The Bertz CT molecular complexity index is 461. The lowest BCUT2D eigenvalue weighted by atomic mass is 9.99. The summed E-state index contributed by atoms with van der Waals surface area (Å²) in [5, 5.41) is 0.754. The van der Waals surface area contributed by atoms with Gasteiger partial charge in [0.05, 0.1) is 6.61 Å². The van der Waals surface area contributed by atoms with Gasteiger partial charge in [-0.3, -0.25) is 0 Å². The molecule has 1 aromatic carbocycles. The number of anilines is 1. The fourth-order valence-corrected chi connectivity index (χ4v) is 2.87. The Balaban J connectivity index is 2.28. The van der Waals surface area contributed by atoms with Crippen molar-refractivity contribution in [2.75, 3.05) is 18.1 Å². The molecule has 1 aliphatic rings. The van der Waals surface area contributed by atoms with E-state index in [4.69, 9.17) is 16.3 Å². The van der Waals surface area contributed by atoms with Gasteiger partial charge in [0.1, 0.15) is 6.04 Å². The zero-order valence-corrected chi connectivity index (χ0v) is 12.2. The molecule has 0 saturated carbocycles. The quantitative estimate of drug-likeness (QED) is 0.792. The molecule has 0 amide bonds. The van der Waals surface area contributed by atoms with E-state index in [-0.39, 0.29) is 12.0 Å². The Hall–Kier alpha value is -1.22. The molecule has 1 unspecified atom stereocenters. The van der Waals surface area contributed by atoms with Gasteiger partial charge in [-0.1, -0.05) is 18.5 Å². The summed E-state index contributed by atoms with van der Waals surface area (Å²) in [6.07, 6.45) is 2.82. The van der Waals surface area contributed by atoms with Crippen molar-refractivity contribution in [3.8, 4) is 0 Å². The Morgan fingerprint density at radius 1 is 1.47 bits per heavy atom. The van der Waals surface area contributed by atoms with E-state index in [0.717, 1.165) is 36.5 Å². The number of carbonyl (C=O) groups excluding carboxylic acids is 1. The maximum absolute atomic E-state index is 12.1. The van der Waals surface area contributed by atoms with Crippen molar-refractivity contribution in [2.45, 2.75) is 39.2 Å². The summed E-state index contributed by atoms with van der Waals surface area (Å²) in [7, 11) is 0. The zero-order valence-electron chi connectivity index (χ0n) is 11.5. The number of fused-ring (bicyclic) bond motifs is 1. The Labute approximate surface area is 119 Å². The van der Waals surface area contributed by atoms with E-state index in [1.54, 1.807) is 0 Å². The SMILES string of the molecule is CCOC(=O)C(CC)N1CCCc2cc(Cl)ccc21. The minimum Gasteiger partial charge on any atom is -0.464 e. The highest BCUT2D eigenvalue weighted by atomic mass is 35.5. The van der Waals surface area contributed by atoms with Crippen LogP contribution in [0.5, 0.6) is 0 Å². The van der Waals surface area contributed by atoms with Crippen LogP contribution in [0.2, 0.25) is 5.02 Å². The van der Waals surface area contributed by atoms with Crippen molar-refractivity contribution >= 4 is 23.3 Å². The zero-order chi connectivity index (χ0) is 13.8. The Kier molecular flexibility index (Phi) is 4.70. The molecule has 0 fully saturated rings. The second-order valence-corrected chi connectivity index (χ2v) is 5.18. The lowest BCUT2D eigenvalue weighted by Crippen LogP contribution is -2.44. The van der Waals surface area contributed by atoms with Crippen LogP contribution in [0, 0.1) is 0 Å². The highest BCUT2D eigenvalue weighted by Gasteiger charge is 2.29. The first kappa shape index (κ1) is 14.2. The molecular weight excluding hydrogens is 262 g/mol. The normalized spacial score (nSPS) is 15.8. The Morgan fingerprint density at radius 3 is 2.95 bits per heavy atom. The molecule has 1 aromatic rings. The molecule has 0 spiro atoms. The number of esters is 1. The van der Waals surface area contributed by atoms with E-state index in [1.165, 1.54) is 5.56 Å². The minimum absolute atomic E-state index is 0.132. The highest BCUT2D eigenvalue weighted by molar-refractivity contribution is 6.30. The standard InChI is InChI=1S/C15H20ClNO2/c1-3-13(15(18)19-4-2)17-9-5-6-11-10-12(16)7-8-14(11)17/h7-8,10,13H,3-6,9H2,1-2H3. The third-order valence-corrected chi connectivity index (χ3v) is 3.75. The molecule has 0 aliphatic carbocycles. The van der Waals surface area contributed by atoms with Crippen LogP contribution in [0.3, 0.4) is 0 Å². The molecule has 104 valence electrons. The van der Waals surface area contributed by atoms with Crippen LogP contribution in [-0.4, -0.2) is 25.2 Å². The van der Waals surface area contributed by atoms with Gasteiger partial charge in [-0.15, -0.1) is 0 Å². The first-order valence-corrected chi connectivity index (χ1v) is 7.26. The molecule has 0 radical (unpaired) electrons. The molecule has 0 N–H and O–H groups in total.